The van der Waals surface area contributed by atoms with Gasteiger partial charge in [-0.2, -0.15) is 0 Å². The van der Waals surface area contributed by atoms with E-state index < -0.39 is 29.1 Å². The number of fused-ring (bicyclic) bond motifs is 2. The summed E-state index contributed by atoms with van der Waals surface area (Å²) in [4.78, 5) is 28.6. The summed E-state index contributed by atoms with van der Waals surface area (Å²) in [5, 5.41) is 14.3. The van der Waals surface area contributed by atoms with Crippen LogP contribution in [0.15, 0.2) is 78.9 Å². The van der Waals surface area contributed by atoms with E-state index in [9.17, 15) is 23.5 Å². The zero-order chi connectivity index (χ0) is 26.8. The van der Waals surface area contributed by atoms with Gasteiger partial charge in [-0.15, -0.1) is 0 Å². The predicted molar refractivity (Wildman–Crippen MR) is 142 cm³/mol. The molecule has 0 radical (unpaired) electrons. The number of hydrogen-bond donors (Lipinski definition) is 2. The zero-order valence-corrected chi connectivity index (χ0v) is 20.3. The molecule has 1 heterocycles. The number of hydrogen-bond acceptors (Lipinski definition) is 4. The molecule has 0 unspecified atom stereocenters. The van der Waals surface area contributed by atoms with Crippen molar-refractivity contribution in [3.63, 3.8) is 0 Å². The number of ether oxygens (including phenoxy) is 1. The highest BCUT2D eigenvalue weighted by molar-refractivity contribution is 6.06. The minimum atomic E-state index is -0.985. The van der Waals surface area contributed by atoms with Crippen molar-refractivity contribution >= 4 is 39.4 Å². The summed E-state index contributed by atoms with van der Waals surface area (Å²) in [6, 6.07) is 21.8. The Labute approximate surface area is 216 Å². The molecule has 1 aromatic heterocycles. The lowest BCUT2D eigenvalue weighted by molar-refractivity contribution is -0.136. The summed E-state index contributed by atoms with van der Waals surface area (Å²) < 4.78 is 34.0. The summed E-state index contributed by atoms with van der Waals surface area (Å²) in [6.45, 7) is 0. The van der Waals surface area contributed by atoms with Gasteiger partial charge in [-0.3, -0.25) is 9.59 Å². The fraction of sp³-hybridized carbons (Fsp3) is 0.100. The van der Waals surface area contributed by atoms with E-state index >= 15 is 0 Å². The van der Waals surface area contributed by atoms with Crippen LogP contribution in [0.2, 0.25) is 0 Å². The number of aliphatic carboxylic acids is 1. The molecule has 5 aromatic rings. The van der Waals surface area contributed by atoms with Gasteiger partial charge in [-0.25, -0.2) is 13.8 Å². The van der Waals surface area contributed by atoms with Crippen molar-refractivity contribution < 1.29 is 28.2 Å². The SMILES string of the molecule is COc1cc2ccccc2cc1-c1ccc(CCC(=O)O)c2ccc(NC(=O)c3c(F)cccc3F)nc12. The number of carbonyl (C=O) groups is 2. The number of carboxylic acids is 1. The summed E-state index contributed by atoms with van der Waals surface area (Å²) in [7, 11) is 1.57. The van der Waals surface area contributed by atoms with Gasteiger partial charge in [0.1, 0.15) is 28.8 Å². The van der Waals surface area contributed by atoms with E-state index in [1.807, 2.05) is 48.5 Å². The van der Waals surface area contributed by atoms with E-state index in [2.05, 4.69) is 10.3 Å². The van der Waals surface area contributed by atoms with Crippen LogP contribution < -0.4 is 10.1 Å². The first-order valence-electron chi connectivity index (χ1n) is 11.8. The number of aromatic nitrogens is 1. The molecule has 0 aliphatic heterocycles. The van der Waals surface area contributed by atoms with E-state index in [4.69, 9.17) is 4.74 Å². The quantitative estimate of drug-likeness (QED) is 0.256. The molecule has 0 saturated carbocycles. The maximum Gasteiger partial charge on any atom is 0.303 e. The lowest BCUT2D eigenvalue weighted by Crippen LogP contribution is -2.16. The number of rotatable bonds is 7. The molecular formula is C30H22F2N2O4. The Balaban J connectivity index is 1.67. The normalized spacial score (nSPS) is 11.0. The third-order valence-corrected chi connectivity index (χ3v) is 6.35. The van der Waals surface area contributed by atoms with Crippen LogP contribution in [0.1, 0.15) is 22.3 Å². The zero-order valence-electron chi connectivity index (χ0n) is 20.3. The Morgan fingerprint density at radius 3 is 2.29 bits per heavy atom. The summed E-state index contributed by atoms with van der Waals surface area (Å²) in [5.74, 6) is -3.18. The van der Waals surface area contributed by atoms with Crippen molar-refractivity contribution in [1.82, 2.24) is 4.98 Å². The van der Waals surface area contributed by atoms with Crippen molar-refractivity contribution in [3.8, 4) is 16.9 Å². The van der Waals surface area contributed by atoms with Crippen LogP contribution >= 0.6 is 0 Å². The number of anilines is 1. The van der Waals surface area contributed by atoms with Crippen LogP contribution in [0.5, 0.6) is 5.75 Å². The third kappa shape index (κ3) is 4.76. The van der Waals surface area contributed by atoms with E-state index in [1.165, 1.54) is 12.1 Å². The Kier molecular flexibility index (Phi) is 6.70. The van der Waals surface area contributed by atoms with Crippen molar-refractivity contribution in [3.05, 3.63) is 102 Å². The van der Waals surface area contributed by atoms with Gasteiger partial charge < -0.3 is 15.2 Å². The minimum absolute atomic E-state index is 0.0706. The average Bonchev–Trinajstić information content (AvgIpc) is 2.90. The van der Waals surface area contributed by atoms with Crippen molar-refractivity contribution in [2.75, 3.05) is 12.4 Å². The summed E-state index contributed by atoms with van der Waals surface area (Å²) in [6.07, 6.45) is 0.202. The average molecular weight is 513 g/mol. The molecule has 0 fully saturated rings. The Morgan fingerprint density at radius 1 is 0.895 bits per heavy atom. The smallest absolute Gasteiger partial charge is 0.303 e. The van der Waals surface area contributed by atoms with E-state index in [-0.39, 0.29) is 18.7 Å². The van der Waals surface area contributed by atoms with Crippen LogP contribution in [0, 0.1) is 11.6 Å². The second-order valence-corrected chi connectivity index (χ2v) is 8.71. The predicted octanol–water partition coefficient (Wildman–Crippen LogP) is 6.61. The molecule has 0 bridgehead atoms. The summed E-state index contributed by atoms with van der Waals surface area (Å²) >= 11 is 0. The molecule has 2 N–H and O–H groups in total. The second kappa shape index (κ2) is 10.3. The van der Waals surface area contributed by atoms with Crippen LogP contribution in [0.25, 0.3) is 32.8 Å². The highest BCUT2D eigenvalue weighted by Crippen LogP contribution is 2.39. The van der Waals surface area contributed by atoms with E-state index in [0.29, 0.717) is 22.2 Å². The van der Waals surface area contributed by atoms with Crippen molar-refractivity contribution in [1.29, 1.82) is 0 Å². The molecule has 0 atom stereocenters. The third-order valence-electron chi connectivity index (χ3n) is 6.35. The number of methoxy groups -OCH3 is 1. The maximum atomic E-state index is 14.2. The second-order valence-electron chi connectivity index (χ2n) is 8.71. The lowest BCUT2D eigenvalue weighted by atomic mass is 9.94. The van der Waals surface area contributed by atoms with Gasteiger partial charge in [0.2, 0.25) is 0 Å². The molecular weight excluding hydrogens is 490 g/mol. The van der Waals surface area contributed by atoms with Crippen LogP contribution in [0.3, 0.4) is 0 Å². The van der Waals surface area contributed by atoms with Crippen LogP contribution in [-0.2, 0) is 11.2 Å². The van der Waals surface area contributed by atoms with Gasteiger partial charge in [-0.1, -0.05) is 42.5 Å². The lowest BCUT2D eigenvalue weighted by Gasteiger charge is -2.16. The van der Waals surface area contributed by atoms with Crippen molar-refractivity contribution in [2.24, 2.45) is 0 Å². The fourth-order valence-corrected chi connectivity index (χ4v) is 4.52. The number of amides is 1. The van der Waals surface area contributed by atoms with Crippen LogP contribution in [0.4, 0.5) is 14.6 Å². The molecule has 4 aromatic carbocycles. The number of halogens is 2. The number of benzene rings is 4. The monoisotopic (exact) mass is 512 g/mol. The molecule has 8 heteroatoms. The number of aryl methyl sites for hydroxylation is 1. The number of pyridine rings is 1. The molecule has 38 heavy (non-hydrogen) atoms. The number of carbonyl (C=O) groups excluding carboxylic acids is 1. The number of nitrogens with zero attached hydrogens (tertiary/aromatic N) is 1. The highest BCUT2D eigenvalue weighted by atomic mass is 19.1. The fourth-order valence-electron chi connectivity index (χ4n) is 4.52. The minimum Gasteiger partial charge on any atom is -0.496 e. The van der Waals surface area contributed by atoms with Gasteiger partial charge >= 0.3 is 5.97 Å². The summed E-state index contributed by atoms with van der Waals surface area (Å²) in [5.41, 5.74) is 1.97. The standard InChI is InChI=1S/C30H22F2N2O4/c1-38-25-16-19-6-3-2-5-18(19)15-22(25)21-11-9-17(10-14-27(35)36)20-12-13-26(33-29(20)21)34-30(37)28-23(31)7-4-8-24(28)32/h2-9,11-13,15-16H,10,14H2,1H3,(H,35,36)(H,33,34,37). The Bertz CT molecular complexity index is 1700. The van der Waals surface area contributed by atoms with Gasteiger partial charge in [-0.05, 0) is 59.2 Å². The number of nitrogens with one attached hydrogen (secondary N) is 1. The largest absolute Gasteiger partial charge is 0.496 e. The molecule has 0 aliphatic rings. The first-order chi connectivity index (χ1) is 18.4. The first-order valence-corrected chi connectivity index (χ1v) is 11.8. The topological polar surface area (TPSA) is 88.5 Å². The Morgan fingerprint density at radius 2 is 1.61 bits per heavy atom. The Hall–Kier alpha value is -4.85. The van der Waals surface area contributed by atoms with Crippen LogP contribution in [-0.4, -0.2) is 29.1 Å². The van der Waals surface area contributed by atoms with E-state index in [0.717, 1.165) is 34.0 Å². The molecule has 0 aliphatic carbocycles. The molecule has 0 saturated heterocycles. The highest BCUT2D eigenvalue weighted by Gasteiger charge is 2.19. The molecule has 5 rings (SSSR count). The van der Waals surface area contributed by atoms with Gasteiger partial charge in [0.25, 0.3) is 5.91 Å². The molecule has 190 valence electrons. The van der Waals surface area contributed by atoms with Gasteiger partial charge in [0.05, 0.1) is 12.6 Å². The molecule has 6 nitrogen and oxygen atoms in total. The number of carboxylic acid groups (broad SMARTS) is 1. The van der Waals surface area contributed by atoms with Crippen molar-refractivity contribution in [2.45, 2.75) is 12.8 Å². The van der Waals surface area contributed by atoms with Gasteiger partial charge in [0.15, 0.2) is 0 Å². The maximum absolute atomic E-state index is 14.2. The van der Waals surface area contributed by atoms with Gasteiger partial charge in [0, 0.05) is 22.9 Å². The molecule has 0 spiro atoms. The molecule has 1 amide bonds. The van der Waals surface area contributed by atoms with E-state index in [1.54, 1.807) is 13.2 Å². The first kappa shape index (κ1) is 24.8.